The number of benzene rings is 3. The quantitative estimate of drug-likeness (QED) is 0.279. The zero-order valence-corrected chi connectivity index (χ0v) is 19.4. The van der Waals surface area contributed by atoms with Gasteiger partial charge in [0, 0.05) is 12.0 Å². The summed E-state index contributed by atoms with van der Waals surface area (Å²) in [5.41, 5.74) is 2.12. The van der Waals surface area contributed by atoms with Gasteiger partial charge in [-0.2, -0.15) is 0 Å². The molecule has 1 saturated heterocycles. The van der Waals surface area contributed by atoms with Crippen LogP contribution in [0.3, 0.4) is 0 Å². The molecule has 0 N–H and O–H groups in total. The molecule has 1 fully saturated rings. The molecular weight excluding hydrogens is 428 g/mol. The first-order valence-electron chi connectivity index (χ1n) is 11.5. The Balaban J connectivity index is 1.42. The number of esters is 1. The highest BCUT2D eigenvalue weighted by Crippen LogP contribution is 2.33. The maximum absolute atomic E-state index is 12.7. The molecule has 0 radical (unpaired) electrons. The zero-order chi connectivity index (χ0) is 23.6. The van der Waals surface area contributed by atoms with Gasteiger partial charge in [0.1, 0.15) is 18.1 Å². The van der Waals surface area contributed by atoms with Crippen LogP contribution in [0, 0.1) is 0 Å². The molecule has 5 heteroatoms. The highest BCUT2D eigenvalue weighted by Gasteiger charge is 2.45. The number of cyclic esters (lactones) is 1. The number of methoxy groups -OCH3 is 1. The summed E-state index contributed by atoms with van der Waals surface area (Å²) in [7, 11) is 1.62. The summed E-state index contributed by atoms with van der Waals surface area (Å²) in [4.78, 5) is 12.7. The van der Waals surface area contributed by atoms with Crippen LogP contribution in [-0.2, 0) is 27.3 Å². The van der Waals surface area contributed by atoms with Crippen LogP contribution in [0.1, 0.15) is 24.0 Å². The topological polar surface area (TPSA) is 54.0 Å². The molecule has 3 aromatic rings. The predicted octanol–water partition coefficient (Wildman–Crippen LogP) is 5.54. The predicted molar refractivity (Wildman–Crippen MR) is 131 cm³/mol. The number of hydrogen-bond donors (Lipinski definition) is 0. The fourth-order valence-electron chi connectivity index (χ4n) is 3.95. The van der Waals surface area contributed by atoms with Crippen molar-refractivity contribution < 1.29 is 23.7 Å². The number of ether oxygens (including phenoxy) is 4. The lowest BCUT2D eigenvalue weighted by Crippen LogP contribution is -2.40. The minimum atomic E-state index is -0.871. The second-order valence-corrected chi connectivity index (χ2v) is 8.45. The Kier molecular flexibility index (Phi) is 7.99. The van der Waals surface area contributed by atoms with Crippen molar-refractivity contribution in [2.24, 2.45) is 0 Å². The summed E-state index contributed by atoms with van der Waals surface area (Å²) >= 11 is 0. The van der Waals surface area contributed by atoms with Gasteiger partial charge in [0.25, 0.3) is 0 Å². The molecule has 0 aliphatic carbocycles. The maximum atomic E-state index is 12.7. The van der Waals surface area contributed by atoms with Crippen molar-refractivity contribution in [3.8, 4) is 11.5 Å². The van der Waals surface area contributed by atoms with Crippen molar-refractivity contribution >= 4 is 5.97 Å². The summed E-state index contributed by atoms with van der Waals surface area (Å²) < 4.78 is 23.1. The van der Waals surface area contributed by atoms with E-state index >= 15 is 0 Å². The molecular formula is C29H30O5. The summed E-state index contributed by atoms with van der Waals surface area (Å²) in [6, 6.07) is 27.5. The molecule has 1 unspecified atom stereocenters. The molecule has 0 saturated carbocycles. The number of allylic oxidation sites excluding steroid dienone is 1. The number of carbonyl (C=O) groups excluding carboxylic acids is 1. The molecule has 176 valence electrons. The van der Waals surface area contributed by atoms with Crippen LogP contribution in [0.15, 0.2) is 96.6 Å². The Morgan fingerprint density at radius 3 is 2.18 bits per heavy atom. The van der Waals surface area contributed by atoms with E-state index in [0.29, 0.717) is 24.4 Å². The van der Waals surface area contributed by atoms with Crippen LogP contribution in [0.2, 0.25) is 0 Å². The average Bonchev–Trinajstić information content (AvgIpc) is 3.19. The van der Waals surface area contributed by atoms with Crippen molar-refractivity contribution in [2.45, 2.75) is 31.5 Å². The van der Waals surface area contributed by atoms with Crippen molar-refractivity contribution in [1.29, 1.82) is 0 Å². The lowest BCUT2D eigenvalue weighted by atomic mass is 9.98. The monoisotopic (exact) mass is 458 g/mol. The minimum absolute atomic E-state index is 0.204. The largest absolute Gasteiger partial charge is 0.497 e. The lowest BCUT2D eigenvalue weighted by Gasteiger charge is -2.27. The van der Waals surface area contributed by atoms with E-state index in [1.807, 2.05) is 78.9 Å². The molecule has 1 aliphatic heterocycles. The Bertz CT molecular complexity index is 1080. The number of carbonyl (C=O) groups is 1. The fourth-order valence-corrected chi connectivity index (χ4v) is 3.95. The lowest BCUT2D eigenvalue weighted by molar-refractivity contribution is -0.156. The van der Waals surface area contributed by atoms with Gasteiger partial charge in [0.15, 0.2) is 5.60 Å². The van der Waals surface area contributed by atoms with Crippen molar-refractivity contribution in [3.63, 3.8) is 0 Å². The number of aryl methyl sites for hydroxylation is 1. The van der Waals surface area contributed by atoms with Gasteiger partial charge < -0.3 is 18.9 Å². The van der Waals surface area contributed by atoms with E-state index in [0.717, 1.165) is 24.2 Å². The summed E-state index contributed by atoms with van der Waals surface area (Å²) in [6.45, 7) is 0.894. The van der Waals surface area contributed by atoms with Gasteiger partial charge in [0.2, 0.25) is 0 Å². The van der Waals surface area contributed by atoms with Crippen LogP contribution in [0.5, 0.6) is 11.5 Å². The van der Waals surface area contributed by atoms with E-state index in [9.17, 15) is 4.79 Å². The Morgan fingerprint density at radius 1 is 0.853 bits per heavy atom. The summed E-state index contributed by atoms with van der Waals surface area (Å²) in [6.07, 6.45) is 4.08. The molecule has 0 aromatic heterocycles. The molecule has 3 aromatic carbocycles. The molecule has 0 spiro atoms. The van der Waals surface area contributed by atoms with E-state index in [4.69, 9.17) is 18.9 Å². The van der Waals surface area contributed by atoms with Gasteiger partial charge in [-0.15, -0.1) is 0 Å². The zero-order valence-electron chi connectivity index (χ0n) is 19.4. The molecule has 1 aliphatic rings. The van der Waals surface area contributed by atoms with Crippen LogP contribution in [0.25, 0.3) is 0 Å². The van der Waals surface area contributed by atoms with Gasteiger partial charge in [0.05, 0.1) is 20.3 Å². The Labute approximate surface area is 200 Å². The SMILES string of the molecule is COc1ccc(OCC2(COCc3ccccc3)C/C(=C/CCc3ccccc3)C(=O)O2)cc1. The first-order chi connectivity index (χ1) is 16.7. The third-order valence-electron chi connectivity index (χ3n) is 5.79. The van der Waals surface area contributed by atoms with E-state index in [-0.39, 0.29) is 19.2 Å². The van der Waals surface area contributed by atoms with Gasteiger partial charge >= 0.3 is 5.97 Å². The molecule has 0 bridgehead atoms. The van der Waals surface area contributed by atoms with Crippen molar-refractivity contribution in [2.75, 3.05) is 20.3 Å². The molecule has 5 nitrogen and oxygen atoms in total. The van der Waals surface area contributed by atoms with Gasteiger partial charge in [-0.05, 0) is 48.2 Å². The fraction of sp³-hybridized carbons (Fsp3) is 0.276. The summed E-state index contributed by atoms with van der Waals surface area (Å²) in [5.74, 6) is 1.14. The molecule has 1 heterocycles. The molecule has 0 amide bonds. The van der Waals surface area contributed by atoms with Crippen LogP contribution < -0.4 is 9.47 Å². The number of hydrogen-bond acceptors (Lipinski definition) is 5. The summed E-state index contributed by atoms with van der Waals surface area (Å²) in [5, 5.41) is 0. The van der Waals surface area contributed by atoms with Gasteiger partial charge in [-0.3, -0.25) is 0 Å². The van der Waals surface area contributed by atoms with Gasteiger partial charge in [-0.1, -0.05) is 66.7 Å². The molecule has 34 heavy (non-hydrogen) atoms. The first kappa shape index (κ1) is 23.6. The Hall–Kier alpha value is -3.57. The Morgan fingerprint density at radius 2 is 1.50 bits per heavy atom. The van der Waals surface area contributed by atoms with E-state index in [1.54, 1.807) is 7.11 Å². The van der Waals surface area contributed by atoms with Crippen LogP contribution >= 0.6 is 0 Å². The second kappa shape index (κ2) is 11.5. The van der Waals surface area contributed by atoms with E-state index in [2.05, 4.69) is 12.1 Å². The highest BCUT2D eigenvalue weighted by atomic mass is 16.6. The van der Waals surface area contributed by atoms with E-state index < -0.39 is 5.60 Å². The maximum Gasteiger partial charge on any atom is 0.334 e. The van der Waals surface area contributed by atoms with E-state index in [1.165, 1.54) is 5.56 Å². The minimum Gasteiger partial charge on any atom is -0.497 e. The third kappa shape index (κ3) is 6.49. The highest BCUT2D eigenvalue weighted by molar-refractivity contribution is 5.91. The average molecular weight is 459 g/mol. The van der Waals surface area contributed by atoms with Crippen LogP contribution in [-0.4, -0.2) is 31.9 Å². The molecule has 4 rings (SSSR count). The number of rotatable bonds is 11. The van der Waals surface area contributed by atoms with Crippen LogP contribution in [0.4, 0.5) is 0 Å². The van der Waals surface area contributed by atoms with Gasteiger partial charge in [-0.25, -0.2) is 4.79 Å². The first-order valence-corrected chi connectivity index (χ1v) is 11.5. The standard InChI is InChI=1S/C29H30O5/c1-31-26-15-17-27(18-16-26)33-22-29(21-32-20-24-11-6-3-7-12-24)19-25(28(30)34-29)14-8-13-23-9-4-2-5-10-23/h2-7,9-12,14-18H,8,13,19-22H2,1H3/b25-14-. The normalized spacial score (nSPS) is 18.6. The third-order valence-corrected chi connectivity index (χ3v) is 5.79. The smallest absolute Gasteiger partial charge is 0.334 e. The van der Waals surface area contributed by atoms with Crippen molar-refractivity contribution in [3.05, 3.63) is 108 Å². The molecule has 1 atom stereocenters. The second-order valence-electron chi connectivity index (χ2n) is 8.45. The van der Waals surface area contributed by atoms with Crippen molar-refractivity contribution in [1.82, 2.24) is 0 Å².